The van der Waals surface area contributed by atoms with Crippen LogP contribution in [0.2, 0.25) is 0 Å². The summed E-state index contributed by atoms with van der Waals surface area (Å²) in [5.74, 6) is -0.177. The van der Waals surface area contributed by atoms with Gasteiger partial charge in [-0.1, -0.05) is 26.0 Å². The lowest BCUT2D eigenvalue weighted by Gasteiger charge is -2.27. The fourth-order valence-corrected chi connectivity index (χ4v) is 4.11. The van der Waals surface area contributed by atoms with E-state index in [0.717, 1.165) is 0 Å². The molecule has 2 aliphatic heterocycles. The molecule has 1 fully saturated rings. The number of carbonyl (C=O) groups excluding carboxylic acids is 3. The van der Waals surface area contributed by atoms with Crippen LogP contribution >= 0.6 is 0 Å². The Hall–Kier alpha value is -2.83. The fraction of sp³-hybridized carbons (Fsp3) is 0.476. The first kappa shape index (κ1) is 18.5. The molecule has 0 aromatic heterocycles. The van der Waals surface area contributed by atoms with Crippen molar-refractivity contribution in [3.05, 3.63) is 30.4 Å². The fourth-order valence-electron chi connectivity index (χ4n) is 4.11. The van der Waals surface area contributed by atoms with Crippen LogP contribution in [0.15, 0.2) is 30.4 Å². The zero-order valence-corrected chi connectivity index (χ0v) is 16.0. The van der Waals surface area contributed by atoms with Gasteiger partial charge in [0.15, 0.2) is 11.5 Å². The van der Waals surface area contributed by atoms with Gasteiger partial charge in [0, 0.05) is 11.8 Å². The molecule has 1 aromatic rings. The third-order valence-electron chi connectivity index (χ3n) is 5.49. The van der Waals surface area contributed by atoms with Crippen LogP contribution in [0.25, 0.3) is 0 Å². The average Bonchev–Trinajstić information content (AvgIpc) is 3.23. The molecular formula is C21H24N2O5. The van der Waals surface area contributed by atoms with Gasteiger partial charge in [0.05, 0.1) is 11.8 Å². The molecule has 1 aromatic carbocycles. The van der Waals surface area contributed by atoms with Crippen LogP contribution in [-0.4, -0.2) is 35.5 Å². The van der Waals surface area contributed by atoms with Gasteiger partial charge < -0.3 is 14.8 Å². The van der Waals surface area contributed by atoms with Crippen molar-refractivity contribution in [1.82, 2.24) is 4.90 Å². The van der Waals surface area contributed by atoms with E-state index in [9.17, 15) is 14.4 Å². The van der Waals surface area contributed by atoms with Gasteiger partial charge in [-0.25, -0.2) is 0 Å². The monoisotopic (exact) mass is 384 g/mol. The number of rotatable bonds is 5. The van der Waals surface area contributed by atoms with E-state index in [1.165, 1.54) is 4.90 Å². The number of hydrogen-bond donors (Lipinski definition) is 1. The maximum Gasteiger partial charge on any atom is 0.247 e. The van der Waals surface area contributed by atoms with Crippen LogP contribution in [0.5, 0.6) is 11.5 Å². The lowest BCUT2D eigenvalue weighted by atomic mass is 9.85. The highest BCUT2D eigenvalue weighted by molar-refractivity contribution is 6.10. The van der Waals surface area contributed by atoms with Gasteiger partial charge in [-0.05, 0) is 37.3 Å². The summed E-state index contributed by atoms with van der Waals surface area (Å²) < 4.78 is 10.6. The summed E-state index contributed by atoms with van der Waals surface area (Å²) >= 11 is 0. The van der Waals surface area contributed by atoms with Gasteiger partial charge in [-0.3, -0.25) is 19.3 Å². The molecule has 0 unspecified atom stereocenters. The van der Waals surface area contributed by atoms with Crippen LogP contribution in [0, 0.1) is 17.8 Å². The number of likely N-dealkylation sites (tertiary alicyclic amines) is 1. The van der Waals surface area contributed by atoms with Gasteiger partial charge in [0.25, 0.3) is 0 Å². The summed E-state index contributed by atoms with van der Waals surface area (Å²) in [4.78, 5) is 40.2. The summed E-state index contributed by atoms with van der Waals surface area (Å²) in [6, 6.07) is 4.30. The number of carbonyl (C=O) groups is 3. The normalized spacial score (nSPS) is 23.9. The smallest absolute Gasteiger partial charge is 0.247 e. The minimum atomic E-state index is -0.823. The van der Waals surface area contributed by atoms with Crippen LogP contribution in [-0.2, 0) is 14.4 Å². The van der Waals surface area contributed by atoms with Gasteiger partial charge >= 0.3 is 0 Å². The van der Waals surface area contributed by atoms with Gasteiger partial charge in [0.2, 0.25) is 24.5 Å². The van der Waals surface area contributed by atoms with Crippen molar-refractivity contribution in [2.45, 2.75) is 39.2 Å². The van der Waals surface area contributed by atoms with Crippen molar-refractivity contribution in [3.63, 3.8) is 0 Å². The molecule has 0 bridgehead atoms. The summed E-state index contributed by atoms with van der Waals surface area (Å²) in [5.41, 5.74) is 0.543. The second-order valence-electron chi connectivity index (χ2n) is 7.90. The van der Waals surface area contributed by atoms with E-state index in [-0.39, 0.29) is 42.3 Å². The van der Waals surface area contributed by atoms with E-state index < -0.39 is 6.04 Å². The van der Waals surface area contributed by atoms with Gasteiger partial charge in [0.1, 0.15) is 6.04 Å². The Morgan fingerprint density at radius 1 is 1.11 bits per heavy atom. The molecule has 7 nitrogen and oxygen atoms in total. The molecule has 0 spiro atoms. The number of amides is 3. The Morgan fingerprint density at radius 2 is 1.75 bits per heavy atom. The summed E-state index contributed by atoms with van der Waals surface area (Å²) in [6.45, 7) is 4.09. The first-order valence-corrected chi connectivity index (χ1v) is 9.68. The number of hydrogen-bond acceptors (Lipinski definition) is 5. The van der Waals surface area contributed by atoms with Crippen LogP contribution in [0.3, 0.4) is 0 Å². The number of anilines is 1. The lowest BCUT2D eigenvalue weighted by molar-refractivity contribution is -0.147. The second kappa shape index (κ2) is 7.30. The predicted octanol–water partition coefficient (Wildman–Crippen LogP) is 2.72. The maximum absolute atomic E-state index is 13.1. The number of benzene rings is 1. The van der Waals surface area contributed by atoms with Crippen molar-refractivity contribution >= 4 is 23.4 Å². The SMILES string of the molecule is CC(C)C[C@H](C(=O)Nc1ccc2c(c1)OCO2)N1C(=O)[C@@H]2CC=CC[C@H]2C1=O. The molecule has 4 rings (SSSR count). The number of allylic oxidation sites excluding steroid dienone is 2. The van der Waals surface area contributed by atoms with Crippen LogP contribution in [0.4, 0.5) is 5.69 Å². The topological polar surface area (TPSA) is 84.9 Å². The molecule has 0 saturated carbocycles. The molecule has 3 amide bonds. The van der Waals surface area contributed by atoms with Gasteiger partial charge in [-0.2, -0.15) is 0 Å². The zero-order chi connectivity index (χ0) is 19.8. The van der Waals surface area contributed by atoms with Gasteiger partial charge in [-0.15, -0.1) is 0 Å². The Balaban J connectivity index is 1.56. The number of nitrogens with zero attached hydrogens (tertiary/aromatic N) is 1. The molecule has 1 N–H and O–H groups in total. The summed E-state index contributed by atoms with van der Waals surface area (Å²) in [5, 5.41) is 2.84. The molecular weight excluding hydrogens is 360 g/mol. The summed E-state index contributed by atoms with van der Waals surface area (Å²) in [6.07, 6.45) is 5.43. The van der Waals surface area contributed by atoms with Crippen molar-refractivity contribution in [2.24, 2.45) is 17.8 Å². The number of nitrogens with one attached hydrogen (secondary N) is 1. The van der Waals surface area contributed by atoms with E-state index in [1.54, 1.807) is 18.2 Å². The standard InChI is InChI=1S/C21H24N2O5/c1-12(2)9-16(23-20(25)14-5-3-4-6-15(14)21(23)26)19(24)22-13-7-8-17-18(10-13)28-11-27-17/h3-4,7-8,10,12,14-16H,5-6,9,11H2,1-2H3,(H,22,24)/t14-,15-,16-/m1/s1. The molecule has 1 aliphatic carbocycles. The highest BCUT2D eigenvalue weighted by atomic mass is 16.7. The molecule has 7 heteroatoms. The molecule has 28 heavy (non-hydrogen) atoms. The number of ether oxygens (including phenoxy) is 2. The van der Waals surface area contributed by atoms with Crippen molar-refractivity contribution in [3.8, 4) is 11.5 Å². The largest absolute Gasteiger partial charge is 0.454 e. The second-order valence-corrected chi connectivity index (χ2v) is 7.90. The number of fused-ring (bicyclic) bond motifs is 2. The molecule has 2 heterocycles. The van der Waals surface area contributed by atoms with Crippen molar-refractivity contribution in [2.75, 3.05) is 12.1 Å². The summed E-state index contributed by atoms with van der Waals surface area (Å²) in [7, 11) is 0. The highest BCUT2D eigenvalue weighted by Gasteiger charge is 2.51. The Morgan fingerprint density at radius 3 is 2.39 bits per heavy atom. The highest BCUT2D eigenvalue weighted by Crippen LogP contribution is 2.38. The van der Waals surface area contributed by atoms with Crippen molar-refractivity contribution in [1.29, 1.82) is 0 Å². The van der Waals surface area contributed by atoms with E-state index in [2.05, 4.69) is 5.32 Å². The zero-order valence-electron chi connectivity index (χ0n) is 16.0. The van der Waals surface area contributed by atoms with E-state index >= 15 is 0 Å². The Bertz CT molecular complexity index is 821. The minimum absolute atomic E-state index is 0.147. The lowest BCUT2D eigenvalue weighted by Crippen LogP contribution is -2.48. The third kappa shape index (κ3) is 3.25. The van der Waals surface area contributed by atoms with Crippen molar-refractivity contribution < 1.29 is 23.9 Å². The number of imide groups is 1. The van der Waals surface area contributed by atoms with E-state index in [4.69, 9.17) is 9.47 Å². The molecule has 1 saturated heterocycles. The van der Waals surface area contributed by atoms with Crippen LogP contribution in [0.1, 0.15) is 33.1 Å². The van der Waals surface area contributed by atoms with Crippen LogP contribution < -0.4 is 14.8 Å². The molecule has 3 aliphatic rings. The first-order valence-electron chi connectivity index (χ1n) is 9.68. The Kier molecular flexibility index (Phi) is 4.83. The predicted molar refractivity (Wildman–Crippen MR) is 102 cm³/mol. The molecule has 0 radical (unpaired) electrons. The molecule has 148 valence electrons. The van der Waals surface area contributed by atoms with E-state index in [0.29, 0.717) is 36.4 Å². The molecule has 3 atom stereocenters. The maximum atomic E-state index is 13.1. The quantitative estimate of drug-likeness (QED) is 0.623. The minimum Gasteiger partial charge on any atom is -0.454 e. The average molecular weight is 384 g/mol. The first-order chi connectivity index (χ1) is 13.5. The van der Waals surface area contributed by atoms with E-state index in [1.807, 2.05) is 26.0 Å². The Labute approximate surface area is 163 Å². The third-order valence-corrected chi connectivity index (χ3v) is 5.49.